The first-order chi connectivity index (χ1) is 11.8. The minimum Gasteiger partial charge on any atom is -0.483 e. The van der Waals surface area contributed by atoms with E-state index in [1.807, 2.05) is 42.5 Å². The summed E-state index contributed by atoms with van der Waals surface area (Å²) in [6.07, 6.45) is -0.609. The number of morpholine rings is 1. The molecule has 0 unspecified atom stereocenters. The van der Waals surface area contributed by atoms with Crippen LogP contribution in [0.15, 0.2) is 48.5 Å². The van der Waals surface area contributed by atoms with Crippen molar-refractivity contribution < 1.29 is 23.7 Å². The highest BCUT2D eigenvalue weighted by molar-refractivity contribution is 5.77. The molecule has 6 heteroatoms. The first kappa shape index (κ1) is 14.8. The van der Waals surface area contributed by atoms with Crippen molar-refractivity contribution in [1.29, 1.82) is 0 Å². The summed E-state index contributed by atoms with van der Waals surface area (Å²) in [7, 11) is 0. The van der Waals surface area contributed by atoms with Crippen molar-refractivity contribution >= 4 is 5.91 Å². The number of benzene rings is 2. The number of carbonyl (C=O) groups excluding carboxylic acids is 1. The molecule has 0 aliphatic carbocycles. The molecule has 1 fully saturated rings. The number of hydrogen-bond acceptors (Lipinski definition) is 5. The molecule has 4 rings (SSSR count). The lowest BCUT2D eigenvalue weighted by molar-refractivity contribution is -0.137. The van der Waals surface area contributed by atoms with Crippen LogP contribution in [0, 0.1) is 0 Å². The van der Waals surface area contributed by atoms with Crippen LogP contribution in [0.1, 0.15) is 11.7 Å². The molecule has 0 aromatic heterocycles. The Morgan fingerprint density at radius 1 is 1.08 bits per heavy atom. The normalized spacial score (nSPS) is 20.3. The molecule has 6 nitrogen and oxygen atoms in total. The van der Waals surface area contributed by atoms with Gasteiger partial charge in [-0.15, -0.1) is 0 Å². The Hall–Kier alpha value is -2.73. The zero-order valence-electron chi connectivity index (χ0n) is 12.9. The Morgan fingerprint density at radius 3 is 2.71 bits per heavy atom. The van der Waals surface area contributed by atoms with Crippen molar-refractivity contribution in [2.75, 3.05) is 19.9 Å². The lowest BCUT2D eigenvalue weighted by Crippen LogP contribution is -2.46. The van der Waals surface area contributed by atoms with Crippen LogP contribution in [-0.4, -0.2) is 32.0 Å². The fourth-order valence-electron chi connectivity index (χ4n) is 2.80. The summed E-state index contributed by atoms with van der Waals surface area (Å²) >= 11 is 0. The van der Waals surface area contributed by atoms with Crippen LogP contribution < -0.4 is 19.5 Å². The fourth-order valence-corrected chi connectivity index (χ4v) is 2.80. The molecular weight excluding hydrogens is 310 g/mol. The Morgan fingerprint density at radius 2 is 1.92 bits per heavy atom. The van der Waals surface area contributed by atoms with Crippen molar-refractivity contribution in [2.24, 2.45) is 0 Å². The molecule has 2 aliphatic rings. The molecule has 1 N–H and O–H groups in total. The molecule has 2 aromatic rings. The van der Waals surface area contributed by atoms with Crippen LogP contribution >= 0.6 is 0 Å². The maximum atomic E-state index is 11.3. The van der Waals surface area contributed by atoms with Gasteiger partial charge in [0.25, 0.3) is 0 Å². The first-order valence-electron chi connectivity index (χ1n) is 7.79. The summed E-state index contributed by atoms with van der Waals surface area (Å²) in [6, 6.07) is 15.3. The largest absolute Gasteiger partial charge is 0.483 e. The van der Waals surface area contributed by atoms with E-state index in [1.165, 1.54) is 0 Å². The number of fused-ring (bicyclic) bond motifs is 1. The Bertz CT molecular complexity index is 723. The highest BCUT2D eigenvalue weighted by Crippen LogP contribution is 2.37. The van der Waals surface area contributed by atoms with Crippen molar-refractivity contribution in [2.45, 2.75) is 12.2 Å². The molecule has 1 amide bonds. The number of rotatable bonds is 4. The number of nitrogens with one attached hydrogen (secondary N) is 1. The van der Waals surface area contributed by atoms with E-state index in [1.54, 1.807) is 6.07 Å². The molecule has 0 spiro atoms. The van der Waals surface area contributed by atoms with Crippen LogP contribution in [0.3, 0.4) is 0 Å². The number of hydrogen-bond donors (Lipinski definition) is 1. The minimum absolute atomic E-state index is 0.0402. The van der Waals surface area contributed by atoms with Gasteiger partial charge >= 0.3 is 0 Å². The first-order valence-corrected chi connectivity index (χ1v) is 7.79. The van der Waals surface area contributed by atoms with Gasteiger partial charge in [0, 0.05) is 12.6 Å². The summed E-state index contributed by atoms with van der Waals surface area (Å²) in [5.74, 6) is 1.92. The van der Waals surface area contributed by atoms with Gasteiger partial charge in [-0.3, -0.25) is 4.79 Å². The summed E-state index contributed by atoms with van der Waals surface area (Å²) in [5, 5.41) is 2.82. The average molecular weight is 327 g/mol. The van der Waals surface area contributed by atoms with Gasteiger partial charge in [0.05, 0.1) is 0 Å². The zero-order valence-corrected chi connectivity index (χ0v) is 12.9. The van der Waals surface area contributed by atoms with E-state index in [0.717, 1.165) is 5.56 Å². The molecular formula is C18H17NO5. The third-order valence-electron chi connectivity index (χ3n) is 4.00. The maximum Gasteiger partial charge on any atom is 0.246 e. The second kappa shape index (κ2) is 6.41. The van der Waals surface area contributed by atoms with E-state index in [9.17, 15) is 4.79 Å². The molecule has 2 aromatic carbocycles. The molecule has 0 bridgehead atoms. The molecule has 2 heterocycles. The number of carbonyl (C=O) groups is 1. The molecule has 0 saturated carbocycles. The molecule has 1 saturated heterocycles. The molecule has 124 valence electrons. The smallest absolute Gasteiger partial charge is 0.246 e. The molecule has 2 atom stereocenters. The van der Waals surface area contributed by atoms with Crippen LogP contribution in [0.2, 0.25) is 0 Å². The SMILES string of the molecule is O=C1CO[C@H]([C@H](Oc2ccc3c(c2)OCO3)c2ccccc2)CN1. The summed E-state index contributed by atoms with van der Waals surface area (Å²) in [6.45, 7) is 0.667. The van der Waals surface area contributed by atoms with Crippen LogP contribution in [0.5, 0.6) is 17.2 Å². The second-order valence-electron chi connectivity index (χ2n) is 5.62. The summed E-state index contributed by atoms with van der Waals surface area (Å²) in [5.41, 5.74) is 0.983. The predicted octanol–water partition coefficient (Wildman–Crippen LogP) is 2.05. The van der Waals surface area contributed by atoms with Crippen LogP contribution in [-0.2, 0) is 9.53 Å². The van der Waals surface area contributed by atoms with Gasteiger partial charge in [-0.2, -0.15) is 0 Å². The van der Waals surface area contributed by atoms with Crippen molar-refractivity contribution in [1.82, 2.24) is 5.32 Å². The van der Waals surface area contributed by atoms with Gasteiger partial charge in [-0.05, 0) is 17.7 Å². The van der Waals surface area contributed by atoms with E-state index in [0.29, 0.717) is 23.8 Å². The highest BCUT2D eigenvalue weighted by Gasteiger charge is 2.30. The van der Waals surface area contributed by atoms with Crippen LogP contribution in [0.25, 0.3) is 0 Å². The summed E-state index contributed by atoms with van der Waals surface area (Å²) < 4.78 is 22.6. The van der Waals surface area contributed by atoms with Crippen molar-refractivity contribution in [3.63, 3.8) is 0 Å². The van der Waals surface area contributed by atoms with E-state index in [-0.39, 0.29) is 31.5 Å². The average Bonchev–Trinajstić information content (AvgIpc) is 3.09. The van der Waals surface area contributed by atoms with E-state index in [4.69, 9.17) is 18.9 Å². The van der Waals surface area contributed by atoms with Gasteiger partial charge in [0.1, 0.15) is 18.5 Å². The number of ether oxygens (including phenoxy) is 4. The van der Waals surface area contributed by atoms with Crippen molar-refractivity contribution in [3.05, 3.63) is 54.1 Å². The lowest BCUT2D eigenvalue weighted by Gasteiger charge is -2.31. The van der Waals surface area contributed by atoms with Crippen molar-refractivity contribution in [3.8, 4) is 17.2 Å². The Kier molecular flexibility index (Phi) is 3.96. The Labute approximate surface area is 139 Å². The zero-order chi connectivity index (χ0) is 16.4. The standard InChI is InChI=1S/C18H17NO5/c20-17-10-21-16(9-19-17)18(12-4-2-1-3-5-12)24-13-6-7-14-15(8-13)23-11-22-14/h1-8,16,18H,9-11H2,(H,19,20)/t16-,18+/m0/s1. The minimum atomic E-state index is -0.341. The quantitative estimate of drug-likeness (QED) is 0.931. The van der Waals surface area contributed by atoms with E-state index >= 15 is 0 Å². The van der Waals surface area contributed by atoms with Gasteiger partial charge in [-0.1, -0.05) is 30.3 Å². The predicted molar refractivity (Wildman–Crippen MR) is 85.1 cm³/mol. The second-order valence-corrected chi connectivity index (χ2v) is 5.62. The lowest BCUT2D eigenvalue weighted by atomic mass is 10.0. The fraction of sp³-hybridized carbons (Fsp3) is 0.278. The monoisotopic (exact) mass is 327 g/mol. The summed E-state index contributed by atoms with van der Waals surface area (Å²) in [4.78, 5) is 11.3. The van der Waals surface area contributed by atoms with Gasteiger partial charge in [0.15, 0.2) is 17.6 Å². The molecule has 0 radical (unpaired) electrons. The van der Waals surface area contributed by atoms with Gasteiger partial charge in [-0.25, -0.2) is 0 Å². The van der Waals surface area contributed by atoms with Crippen LogP contribution in [0.4, 0.5) is 0 Å². The molecule has 2 aliphatic heterocycles. The maximum absolute atomic E-state index is 11.3. The van der Waals surface area contributed by atoms with E-state index < -0.39 is 0 Å². The van der Waals surface area contributed by atoms with E-state index in [2.05, 4.69) is 5.32 Å². The number of amides is 1. The topological polar surface area (TPSA) is 66.0 Å². The van der Waals surface area contributed by atoms with Gasteiger partial charge < -0.3 is 24.3 Å². The highest BCUT2D eigenvalue weighted by atomic mass is 16.7. The van der Waals surface area contributed by atoms with Gasteiger partial charge in [0.2, 0.25) is 12.7 Å². The third kappa shape index (κ3) is 3.00. The molecule has 24 heavy (non-hydrogen) atoms. The Balaban J connectivity index is 1.59. The third-order valence-corrected chi connectivity index (χ3v) is 4.00.